The van der Waals surface area contributed by atoms with Crippen molar-refractivity contribution in [2.24, 2.45) is 5.41 Å². The van der Waals surface area contributed by atoms with Gasteiger partial charge in [-0.2, -0.15) is 0 Å². The molecule has 0 saturated carbocycles. The fourth-order valence-electron chi connectivity index (χ4n) is 2.99. The number of ether oxygens (including phenoxy) is 2. The van der Waals surface area contributed by atoms with Gasteiger partial charge in [0.05, 0.1) is 5.92 Å². The molecule has 5 heteroatoms. The Bertz CT molecular complexity index is 869. The quantitative estimate of drug-likeness (QED) is 0.598. The van der Waals surface area contributed by atoms with E-state index in [1.165, 1.54) is 0 Å². The topological polar surface area (TPSA) is 69.7 Å². The summed E-state index contributed by atoms with van der Waals surface area (Å²) in [5.74, 6) is -1.76. The second kappa shape index (κ2) is 7.35. The molecule has 0 aliphatic carbocycles. The number of hydrogen-bond donors (Lipinski definition) is 0. The van der Waals surface area contributed by atoms with Gasteiger partial charge in [0, 0.05) is 16.5 Å². The molecule has 140 valence electrons. The van der Waals surface area contributed by atoms with Crippen LogP contribution in [0, 0.1) is 5.41 Å². The molecule has 1 heterocycles. The molecule has 1 aliphatic heterocycles. The molecule has 0 radical (unpaired) electrons. The molecule has 27 heavy (non-hydrogen) atoms. The highest BCUT2D eigenvalue weighted by Crippen LogP contribution is 2.32. The number of carbonyl (C=O) groups is 3. The van der Waals surface area contributed by atoms with E-state index in [0.717, 1.165) is 0 Å². The molecule has 1 saturated heterocycles. The van der Waals surface area contributed by atoms with Crippen molar-refractivity contribution in [1.82, 2.24) is 0 Å². The second-order valence-electron chi connectivity index (χ2n) is 7.46. The summed E-state index contributed by atoms with van der Waals surface area (Å²) in [6.07, 6.45) is -0.915. The monoisotopic (exact) mass is 366 g/mol. The number of esters is 2. The van der Waals surface area contributed by atoms with Crippen LogP contribution in [-0.2, 0) is 19.1 Å². The van der Waals surface area contributed by atoms with Gasteiger partial charge in [-0.3, -0.25) is 9.59 Å². The zero-order valence-corrected chi connectivity index (χ0v) is 15.6. The van der Waals surface area contributed by atoms with Crippen LogP contribution in [0.5, 0.6) is 0 Å². The molecule has 2 aromatic rings. The van der Waals surface area contributed by atoms with E-state index < -0.39 is 29.4 Å². The maximum Gasteiger partial charge on any atom is 0.348 e. The fraction of sp³-hybridized carbons (Fsp3) is 0.318. The molecule has 5 nitrogen and oxygen atoms in total. The van der Waals surface area contributed by atoms with Gasteiger partial charge < -0.3 is 9.47 Å². The van der Waals surface area contributed by atoms with Crippen molar-refractivity contribution in [2.45, 2.75) is 32.8 Å². The third-order valence-corrected chi connectivity index (χ3v) is 4.78. The maximum atomic E-state index is 12.6. The lowest BCUT2D eigenvalue weighted by molar-refractivity contribution is -0.164. The summed E-state index contributed by atoms with van der Waals surface area (Å²) in [5.41, 5.74) is 1.18. The highest BCUT2D eigenvalue weighted by atomic mass is 16.6. The average molecular weight is 366 g/mol. The van der Waals surface area contributed by atoms with Crippen LogP contribution in [0.1, 0.15) is 48.2 Å². The lowest BCUT2D eigenvalue weighted by Crippen LogP contribution is -2.36. The molecule has 0 N–H and O–H groups in total. The summed E-state index contributed by atoms with van der Waals surface area (Å²) >= 11 is 0. The number of ketones is 1. The van der Waals surface area contributed by atoms with Crippen LogP contribution in [0.2, 0.25) is 0 Å². The van der Waals surface area contributed by atoms with Gasteiger partial charge in [-0.15, -0.1) is 0 Å². The van der Waals surface area contributed by atoms with Crippen molar-refractivity contribution in [3.63, 3.8) is 0 Å². The Hall–Kier alpha value is -2.95. The largest absolute Gasteiger partial charge is 0.462 e. The molecule has 2 atom stereocenters. The lowest BCUT2D eigenvalue weighted by Gasteiger charge is -2.23. The first-order valence-corrected chi connectivity index (χ1v) is 8.86. The van der Waals surface area contributed by atoms with Crippen LogP contribution in [0.15, 0.2) is 54.6 Å². The van der Waals surface area contributed by atoms with Gasteiger partial charge in [-0.1, -0.05) is 62.4 Å². The van der Waals surface area contributed by atoms with E-state index in [1.807, 2.05) is 19.9 Å². The minimum Gasteiger partial charge on any atom is -0.462 e. The Morgan fingerprint density at radius 3 is 2.37 bits per heavy atom. The molecular weight excluding hydrogens is 344 g/mol. The van der Waals surface area contributed by atoms with Crippen LogP contribution < -0.4 is 0 Å². The van der Waals surface area contributed by atoms with Gasteiger partial charge in [0.25, 0.3) is 0 Å². The Morgan fingerprint density at radius 1 is 1.07 bits per heavy atom. The van der Waals surface area contributed by atoms with E-state index in [-0.39, 0.29) is 12.4 Å². The van der Waals surface area contributed by atoms with Crippen LogP contribution in [-0.4, -0.2) is 30.4 Å². The van der Waals surface area contributed by atoms with Crippen molar-refractivity contribution in [3.05, 3.63) is 71.3 Å². The average Bonchev–Trinajstić information content (AvgIpc) is 2.94. The highest BCUT2D eigenvalue weighted by molar-refractivity contribution is 6.09. The SMILES string of the molecule is C[C@H](C(=O)O[C@@H]1C(=O)OCC1(C)C)c1cccc(C(=O)c2ccccc2)c1. The molecule has 2 aromatic carbocycles. The normalized spacial score (nSPS) is 19.2. The van der Waals surface area contributed by atoms with Crippen molar-refractivity contribution >= 4 is 17.7 Å². The Balaban J connectivity index is 1.77. The van der Waals surface area contributed by atoms with Crippen LogP contribution in [0.4, 0.5) is 0 Å². The number of rotatable bonds is 5. The minimum atomic E-state index is -0.915. The van der Waals surface area contributed by atoms with Crippen LogP contribution in [0.25, 0.3) is 0 Å². The summed E-state index contributed by atoms with van der Waals surface area (Å²) in [6, 6.07) is 15.9. The van der Waals surface area contributed by atoms with Gasteiger partial charge in [-0.05, 0) is 18.6 Å². The van der Waals surface area contributed by atoms with Crippen molar-refractivity contribution in [2.75, 3.05) is 6.61 Å². The lowest BCUT2D eigenvalue weighted by atomic mass is 9.89. The minimum absolute atomic E-state index is 0.112. The number of benzene rings is 2. The number of carbonyl (C=O) groups excluding carboxylic acids is 3. The zero-order valence-electron chi connectivity index (χ0n) is 15.6. The standard InChI is InChI=1S/C22H22O5/c1-14(20(24)27-19-21(25)26-13-22(19,2)3)16-10-7-11-17(12-16)18(23)15-8-5-4-6-9-15/h4-12,14,19H,13H2,1-3H3/t14-,19+/m0/s1. The molecule has 1 fully saturated rings. The molecule has 0 unspecified atom stereocenters. The summed E-state index contributed by atoms with van der Waals surface area (Å²) in [4.78, 5) is 37.0. The van der Waals surface area contributed by atoms with Crippen molar-refractivity contribution < 1.29 is 23.9 Å². The van der Waals surface area contributed by atoms with Gasteiger partial charge >= 0.3 is 11.9 Å². The molecular formula is C22H22O5. The second-order valence-corrected chi connectivity index (χ2v) is 7.46. The Morgan fingerprint density at radius 2 is 1.74 bits per heavy atom. The van der Waals surface area contributed by atoms with Gasteiger partial charge in [0.1, 0.15) is 6.61 Å². The van der Waals surface area contributed by atoms with E-state index in [4.69, 9.17) is 9.47 Å². The maximum absolute atomic E-state index is 12.6. The number of hydrogen-bond acceptors (Lipinski definition) is 5. The van der Waals surface area contributed by atoms with E-state index in [9.17, 15) is 14.4 Å². The molecule has 1 aliphatic rings. The van der Waals surface area contributed by atoms with Gasteiger partial charge in [-0.25, -0.2) is 4.79 Å². The van der Waals surface area contributed by atoms with Gasteiger partial charge in [0.2, 0.25) is 6.10 Å². The van der Waals surface area contributed by atoms with E-state index in [0.29, 0.717) is 16.7 Å². The van der Waals surface area contributed by atoms with Crippen molar-refractivity contribution in [1.29, 1.82) is 0 Å². The summed E-state index contributed by atoms with van der Waals surface area (Å²) in [5, 5.41) is 0. The summed E-state index contributed by atoms with van der Waals surface area (Å²) in [7, 11) is 0. The Labute approximate surface area is 158 Å². The van der Waals surface area contributed by atoms with Crippen molar-refractivity contribution in [3.8, 4) is 0 Å². The molecule has 3 rings (SSSR count). The Kier molecular flexibility index (Phi) is 5.13. The first kappa shape index (κ1) is 18.8. The molecule has 0 bridgehead atoms. The smallest absolute Gasteiger partial charge is 0.348 e. The molecule has 0 aromatic heterocycles. The first-order valence-electron chi connectivity index (χ1n) is 8.86. The highest BCUT2D eigenvalue weighted by Gasteiger charge is 2.47. The zero-order chi connectivity index (χ0) is 19.6. The van der Waals surface area contributed by atoms with Gasteiger partial charge in [0.15, 0.2) is 5.78 Å². The molecule has 0 amide bonds. The van der Waals surface area contributed by atoms with E-state index >= 15 is 0 Å². The third kappa shape index (κ3) is 3.92. The van der Waals surface area contributed by atoms with Crippen LogP contribution >= 0.6 is 0 Å². The summed E-state index contributed by atoms with van der Waals surface area (Å²) in [6.45, 7) is 5.56. The first-order chi connectivity index (χ1) is 12.8. The summed E-state index contributed by atoms with van der Waals surface area (Å²) < 4.78 is 10.4. The predicted molar refractivity (Wildman–Crippen MR) is 99.4 cm³/mol. The fourth-order valence-corrected chi connectivity index (χ4v) is 2.99. The van der Waals surface area contributed by atoms with E-state index in [1.54, 1.807) is 55.5 Å². The van der Waals surface area contributed by atoms with Crippen LogP contribution in [0.3, 0.4) is 0 Å². The molecule has 0 spiro atoms. The number of cyclic esters (lactones) is 1. The third-order valence-electron chi connectivity index (χ3n) is 4.78. The predicted octanol–water partition coefficient (Wildman–Crippen LogP) is 3.52. The van der Waals surface area contributed by atoms with E-state index in [2.05, 4.69) is 0 Å².